The predicted octanol–water partition coefficient (Wildman–Crippen LogP) is 2.56. The quantitative estimate of drug-likeness (QED) is 0.734. The van der Waals surface area contributed by atoms with E-state index in [1.165, 1.54) is 5.56 Å². The Kier molecular flexibility index (Phi) is 1.92. The molecule has 1 saturated carbocycles. The van der Waals surface area contributed by atoms with Crippen LogP contribution in [-0.4, -0.2) is 10.7 Å². The maximum absolute atomic E-state index is 10.1. The van der Waals surface area contributed by atoms with Gasteiger partial charge in [-0.1, -0.05) is 44.2 Å². The van der Waals surface area contributed by atoms with E-state index in [2.05, 4.69) is 26.0 Å². The van der Waals surface area contributed by atoms with Crippen molar-refractivity contribution in [2.45, 2.75) is 31.8 Å². The van der Waals surface area contributed by atoms with E-state index in [4.69, 9.17) is 0 Å². The van der Waals surface area contributed by atoms with Crippen LogP contribution in [-0.2, 0) is 0 Å². The zero-order valence-electron chi connectivity index (χ0n) is 8.20. The summed E-state index contributed by atoms with van der Waals surface area (Å²) in [6.07, 6.45) is 0.925. The molecule has 0 spiro atoms. The molecule has 0 radical (unpaired) electrons. The molecule has 0 heterocycles. The van der Waals surface area contributed by atoms with Gasteiger partial charge >= 0.3 is 0 Å². The van der Waals surface area contributed by atoms with E-state index in [-0.39, 0.29) is 0 Å². The highest BCUT2D eigenvalue weighted by atomic mass is 16.3. The third kappa shape index (κ3) is 1.37. The van der Waals surface area contributed by atoms with Gasteiger partial charge in [0.15, 0.2) is 0 Å². The van der Waals surface area contributed by atoms with Crippen LogP contribution in [0.4, 0.5) is 0 Å². The number of rotatable bonds is 2. The van der Waals surface area contributed by atoms with Gasteiger partial charge in [-0.25, -0.2) is 0 Å². The predicted molar refractivity (Wildman–Crippen MR) is 53.6 cm³/mol. The van der Waals surface area contributed by atoms with E-state index in [1.807, 2.05) is 18.2 Å². The summed E-state index contributed by atoms with van der Waals surface area (Å²) in [7, 11) is 0. The number of hydrogen-bond acceptors (Lipinski definition) is 1. The first-order chi connectivity index (χ1) is 6.14. The molecule has 1 heteroatoms. The maximum Gasteiger partial charge on any atom is 0.0746 e. The largest absolute Gasteiger partial charge is 0.389 e. The SMILES string of the molecule is CC(C)[C@]1(O)C[C@@H]1c1ccccc1. The molecule has 0 unspecified atom stereocenters. The van der Waals surface area contributed by atoms with Gasteiger partial charge in [-0.3, -0.25) is 0 Å². The topological polar surface area (TPSA) is 20.2 Å². The van der Waals surface area contributed by atoms with Gasteiger partial charge in [-0.15, -0.1) is 0 Å². The van der Waals surface area contributed by atoms with Crippen LogP contribution < -0.4 is 0 Å². The van der Waals surface area contributed by atoms with Crippen molar-refractivity contribution >= 4 is 0 Å². The van der Waals surface area contributed by atoms with E-state index in [1.54, 1.807) is 0 Å². The second-order valence-corrected chi connectivity index (χ2v) is 4.31. The van der Waals surface area contributed by atoms with E-state index in [0.717, 1.165) is 6.42 Å². The lowest BCUT2D eigenvalue weighted by atomic mass is 9.99. The fraction of sp³-hybridized carbons (Fsp3) is 0.500. The Morgan fingerprint density at radius 2 is 1.92 bits per heavy atom. The van der Waals surface area contributed by atoms with Gasteiger partial charge in [-0.2, -0.15) is 0 Å². The minimum Gasteiger partial charge on any atom is -0.389 e. The summed E-state index contributed by atoms with van der Waals surface area (Å²) in [5.41, 5.74) is 0.847. The van der Waals surface area contributed by atoms with Crippen molar-refractivity contribution in [1.29, 1.82) is 0 Å². The van der Waals surface area contributed by atoms with E-state index in [0.29, 0.717) is 11.8 Å². The number of benzene rings is 1. The zero-order valence-corrected chi connectivity index (χ0v) is 8.20. The number of hydrogen-bond donors (Lipinski definition) is 1. The molecule has 70 valence electrons. The normalized spacial score (nSPS) is 32.2. The summed E-state index contributed by atoms with van der Waals surface area (Å²) < 4.78 is 0. The molecular weight excluding hydrogens is 160 g/mol. The molecular formula is C12H16O. The molecule has 1 N–H and O–H groups in total. The first-order valence-corrected chi connectivity index (χ1v) is 4.92. The average molecular weight is 176 g/mol. The van der Waals surface area contributed by atoms with Crippen molar-refractivity contribution in [3.05, 3.63) is 35.9 Å². The Morgan fingerprint density at radius 1 is 1.31 bits per heavy atom. The minimum atomic E-state index is -0.429. The van der Waals surface area contributed by atoms with Crippen LogP contribution in [0.25, 0.3) is 0 Å². The molecule has 2 atom stereocenters. The Bertz CT molecular complexity index is 291. The van der Waals surface area contributed by atoms with Gasteiger partial charge in [0.25, 0.3) is 0 Å². The van der Waals surface area contributed by atoms with E-state index < -0.39 is 5.60 Å². The standard InChI is InChI=1S/C12H16O/c1-9(2)12(13)8-11(12)10-6-4-3-5-7-10/h3-7,9,11,13H,8H2,1-2H3/t11-,12-/m1/s1. The van der Waals surface area contributed by atoms with Gasteiger partial charge < -0.3 is 5.11 Å². The summed E-state index contributed by atoms with van der Waals surface area (Å²) in [5, 5.41) is 10.1. The van der Waals surface area contributed by atoms with Crippen LogP contribution in [0.3, 0.4) is 0 Å². The van der Waals surface area contributed by atoms with Gasteiger partial charge in [0.1, 0.15) is 0 Å². The summed E-state index contributed by atoms with van der Waals surface area (Å²) in [6.45, 7) is 4.17. The van der Waals surface area contributed by atoms with Crippen molar-refractivity contribution in [3.8, 4) is 0 Å². The molecule has 0 amide bonds. The molecule has 1 nitrogen and oxygen atoms in total. The highest BCUT2D eigenvalue weighted by molar-refractivity contribution is 5.31. The van der Waals surface area contributed by atoms with Crippen molar-refractivity contribution < 1.29 is 5.11 Å². The average Bonchev–Trinajstić information content (AvgIpc) is 2.81. The van der Waals surface area contributed by atoms with Crippen LogP contribution in [0.15, 0.2) is 30.3 Å². The maximum atomic E-state index is 10.1. The van der Waals surface area contributed by atoms with Crippen LogP contribution in [0.2, 0.25) is 0 Å². The first kappa shape index (κ1) is 8.76. The molecule has 0 aromatic heterocycles. The van der Waals surface area contributed by atoms with Crippen LogP contribution in [0.1, 0.15) is 31.7 Å². The van der Waals surface area contributed by atoms with E-state index in [9.17, 15) is 5.11 Å². The van der Waals surface area contributed by atoms with Crippen LogP contribution in [0, 0.1) is 5.92 Å². The van der Waals surface area contributed by atoms with Gasteiger partial charge in [0.2, 0.25) is 0 Å². The Labute approximate surface area is 79.4 Å². The summed E-state index contributed by atoms with van der Waals surface area (Å²) in [6, 6.07) is 10.3. The lowest BCUT2D eigenvalue weighted by molar-refractivity contribution is 0.0927. The van der Waals surface area contributed by atoms with Gasteiger partial charge in [0, 0.05) is 5.92 Å². The molecule has 1 aromatic rings. The Hall–Kier alpha value is -0.820. The second-order valence-electron chi connectivity index (χ2n) is 4.31. The summed E-state index contributed by atoms with van der Waals surface area (Å²) >= 11 is 0. The van der Waals surface area contributed by atoms with Crippen LogP contribution in [0.5, 0.6) is 0 Å². The minimum absolute atomic E-state index is 0.359. The van der Waals surface area contributed by atoms with Crippen molar-refractivity contribution in [2.24, 2.45) is 5.92 Å². The lowest BCUT2D eigenvalue weighted by Gasteiger charge is -2.14. The molecule has 1 aromatic carbocycles. The molecule has 0 bridgehead atoms. The number of aliphatic hydroxyl groups is 1. The third-order valence-corrected chi connectivity index (χ3v) is 3.18. The Morgan fingerprint density at radius 3 is 2.38 bits per heavy atom. The Balaban J connectivity index is 2.16. The van der Waals surface area contributed by atoms with Gasteiger partial charge in [-0.05, 0) is 17.9 Å². The molecule has 2 rings (SSSR count). The van der Waals surface area contributed by atoms with Crippen molar-refractivity contribution in [3.63, 3.8) is 0 Å². The summed E-state index contributed by atoms with van der Waals surface area (Å²) in [5.74, 6) is 0.728. The molecule has 1 fully saturated rings. The van der Waals surface area contributed by atoms with Crippen molar-refractivity contribution in [1.82, 2.24) is 0 Å². The van der Waals surface area contributed by atoms with E-state index >= 15 is 0 Å². The lowest BCUT2D eigenvalue weighted by Crippen LogP contribution is -2.18. The molecule has 1 aliphatic rings. The zero-order chi connectivity index (χ0) is 9.47. The van der Waals surface area contributed by atoms with Crippen molar-refractivity contribution in [2.75, 3.05) is 0 Å². The first-order valence-electron chi connectivity index (χ1n) is 4.92. The fourth-order valence-electron chi connectivity index (χ4n) is 2.00. The highest BCUT2D eigenvalue weighted by Crippen LogP contribution is 2.55. The van der Waals surface area contributed by atoms with Gasteiger partial charge in [0.05, 0.1) is 5.60 Å². The van der Waals surface area contributed by atoms with Crippen LogP contribution >= 0.6 is 0 Å². The molecule has 13 heavy (non-hydrogen) atoms. The monoisotopic (exact) mass is 176 g/mol. The third-order valence-electron chi connectivity index (χ3n) is 3.18. The summed E-state index contributed by atoms with van der Waals surface area (Å²) in [4.78, 5) is 0. The molecule has 0 aliphatic heterocycles. The fourth-order valence-corrected chi connectivity index (χ4v) is 2.00. The highest BCUT2D eigenvalue weighted by Gasteiger charge is 2.55. The molecule has 1 aliphatic carbocycles. The second kappa shape index (κ2) is 2.85. The molecule has 0 saturated heterocycles. The smallest absolute Gasteiger partial charge is 0.0746 e.